The molecule has 1 saturated heterocycles. The molecule has 0 aromatic rings. The van der Waals surface area contributed by atoms with Crippen LogP contribution in [0.15, 0.2) is 0 Å². The highest BCUT2D eigenvalue weighted by Crippen LogP contribution is 2.48. The SMILES string of the molecule is OCCOC1CC2(CCNCC2)C1. The molecule has 0 bridgehead atoms. The fourth-order valence-corrected chi connectivity index (χ4v) is 2.61. The molecule has 1 spiro atoms. The molecule has 0 atom stereocenters. The molecule has 0 unspecified atom stereocenters. The summed E-state index contributed by atoms with van der Waals surface area (Å²) in [6.07, 6.45) is 5.49. The molecule has 1 aliphatic heterocycles. The molecule has 2 fully saturated rings. The lowest BCUT2D eigenvalue weighted by Gasteiger charge is -2.50. The van der Waals surface area contributed by atoms with Gasteiger partial charge in [0.2, 0.25) is 0 Å². The minimum Gasteiger partial charge on any atom is -0.394 e. The van der Waals surface area contributed by atoms with Gasteiger partial charge in [-0.15, -0.1) is 0 Å². The average molecular weight is 185 g/mol. The van der Waals surface area contributed by atoms with Gasteiger partial charge in [-0.05, 0) is 44.2 Å². The highest BCUT2D eigenvalue weighted by atomic mass is 16.5. The summed E-state index contributed by atoms with van der Waals surface area (Å²) in [6, 6.07) is 0. The molecular weight excluding hydrogens is 166 g/mol. The molecule has 2 N–H and O–H groups in total. The molecule has 1 aliphatic carbocycles. The number of hydrogen-bond acceptors (Lipinski definition) is 3. The van der Waals surface area contributed by atoms with E-state index in [0.717, 1.165) is 0 Å². The van der Waals surface area contributed by atoms with Gasteiger partial charge in [-0.2, -0.15) is 0 Å². The molecule has 1 saturated carbocycles. The first-order valence-electron chi connectivity index (χ1n) is 5.28. The van der Waals surface area contributed by atoms with Gasteiger partial charge in [0.25, 0.3) is 0 Å². The fraction of sp³-hybridized carbons (Fsp3) is 1.00. The molecule has 0 radical (unpaired) electrons. The van der Waals surface area contributed by atoms with Gasteiger partial charge in [0.1, 0.15) is 0 Å². The van der Waals surface area contributed by atoms with Gasteiger partial charge < -0.3 is 15.2 Å². The Balaban J connectivity index is 1.69. The summed E-state index contributed by atoms with van der Waals surface area (Å²) >= 11 is 0. The standard InChI is InChI=1S/C10H19NO2/c12-5-6-13-9-7-10(8-9)1-3-11-4-2-10/h9,11-12H,1-8H2. The topological polar surface area (TPSA) is 41.5 Å². The van der Waals surface area contributed by atoms with Crippen molar-refractivity contribution in [3.8, 4) is 0 Å². The number of ether oxygens (including phenoxy) is 1. The summed E-state index contributed by atoms with van der Waals surface area (Å²) in [4.78, 5) is 0. The summed E-state index contributed by atoms with van der Waals surface area (Å²) in [7, 11) is 0. The third-order valence-corrected chi connectivity index (χ3v) is 3.43. The van der Waals surface area contributed by atoms with Crippen LogP contribution in [0, 0.1) is 5.41 Å². The Labute approximate surface area is 79.5 Å². The van der Waals surface area contributed by atoms with Crippen molar-refractivity contribution in [2.75, 3.05) is 26.3 Å². The molecule has 2 aliphatic rings. The van der Waals surface area contributed by atoms with E-state index in [1.54, 1.807) is 0 Å². The van der Waals surface area contributed by atoms with Crippen LogP contribution in [0.4, 0.5) is 0 Å². The van der Waals surface area contributed by atoms with E-state index in [-0.39, 0.29) is 6.61 Å². The first kappa shape index (κ1) is 9.44. The van der Waals surface area contributed by atoms with Gasteiger partial charge in [0.05, 0.1) is 19.3 Å². The minimum atomic E-state index is 0.158. The molecular formula is C10H19NO2. The summed E-state index contributed by atoms with van der Waals surface area (Å²) < 4.78 is 5.48. The van der Waals surface area contributed by atoms with Gasteiger partial charge in [-0.1, -0.05) is 0 Å². The van der Waals surface area contributed by atoms with Crippen LogP contribution >= 0.6 is 0 Å². The second kappa shape index (κ2) is 3.95. The molecule has 1 heterocycles. The molecule has 2 rings (SSSR count). The number of nitrogens with one attached hydrogen (secondary N) is 1. The van der Waals surface area contributed by atoms with Gasteiger partial charge in [-0.3, -0.25) is 0 Å². The second-order valence-corrected chi connectivity index (χ2v) is 4.37. The van der Waals surface area contributed by atoms with Gasteiger partial charge in [-0.25, -0.2) is 0 Å². The third-order valence-electron chi connectivity index (χ3n) is 3.43. The van der Waals surface area contributed by atoms with Crippen LogP contribution in [-0.4, -0.2) is 37.5 Å². The van der Waals surface area contributed by atoms with Crippen molar-refractivity contribution in [2.24, 2.45) is 5.41 Å². The van der Waals surface area contributed by atoms with Crippen molar-refractivity contribution in [1.82, 2.24) is 5.32 Å². The first-order valence-corrected chi connectivity index (χ1v) is 5.28. The highest BCUT2D eigenvalue weighted by Gasteiger charge is 2.44. The maximum atomic E-state index is 8.60. The van der Waals surface area contributed by atoms with Gasteiger partial charge >= 0.3 is 0 Å². The molecule has 0 amide bonds. The molecule has 0 aromatic carbocycles. The maximum Gasteiger partial charge on any atom is 0.0701 e. The third kappa shape index (κ3) is 2.03. The van der Waals surface area contributed by atoms with Crippen LogP contribution in [0.1, 0.15) is 25.7 Å². The van der Waals surface area contributed by atoms with E-state index in [1.165, 1.54) is 38.8 Å². The van der Waals surface area contributed by atoms with Crippen molar-refractivity contribution in [3.05, 3.63) is 0 Å². The van der Waals surface area contributed by atoms with Crippen LogP contribution < -0.4 is 5.32 Å². The zero-order valence-corrected chi connectivity index (χ0v) is 8.09. The van der Waals surface area contributed by atoms with Crippen molar-refractivity contribution in [2.45, 2.75) is 31.8 Å². The zero-order valence-electron chi connectivity index (χ0n) is 8.09. The smallest absolute Gasteiger partial charge is 0.0701 e. The molecule has 13 heavy (non-hydrogen) atoms. The zero-order chi connectivity index (χ0) is 9.15. The van der Waals surface area contributed by atoms with Crippen molar-refractivity contribution < 1.29 is 9.84 Å². The molecule has 0 aromatic heterocycles. The van der Waals surface area contributed by atoms with E-state index >= 15 is 0 Å². The second-order valence-electron chi connectivity index (χ2n) is 4.37. The Morgan fingerprint density at radius 3 is 2.62 bits per heavy atom. The lowest BCUT2D eigenvalue weighted by Crippen LogP contribution is -2.48. The lowest BCUT2D eigenvalue weighted by atomic mass is 9.62. The Morgan fingerprint density at radius 1 is 1.31 bits per heavy atom. The largest absolute Gasteiger partial charge is 0.394 e. The number of piperidine rings is 1. The number of aliphatic hydroxyl groups is 1. The van der Waals surface area contributed by atoms with Crippen LogP contribution in [0.3, 0.4) is 0 Å². The van der Waals surface area contributed by atoms with E-state index in [0.29, 0.717) is 18.1 Å². The summed E-state index contributed by atoms with van der Waals surface area (Å²) in [5.74, 6) is 0. The van der Waals surface area contributed by atoms with Crippen molar-refractivity contribution >= 4 is 0 Å². The Hall–Kier alpha value is -0.120. The molecule has 76 valence electrons. The summed E-state index contributed by atoms with van der Waals surface area (Å²) in [5.41, 5.74) is 0.603. The van der Waals surface area contributed by atoms with Crippen molar-refractivity contribution in [1.29, 1.82) is 0 Å². The first-order chi connectivity index (χ1) is 6.35. The highest BCUT2D eigenvalue weighted by molar-refractivity contribution is 4.97. The fourth-order valence-electron chi connectivity index (χ4n) is 2.61. The normalized spacial score (nSPS) is 27.5. The van der Waals surface area contributed by atoms with Crippen LogP contribution in [0.2, 0.25) is 0 Å². The quantitative estimate of drug-likeness (QED) is 0.674. The molecule has 3 heteroatoms. The monoisotopic (exact) mass is 185 g/mol. The van der Waals surface area contributed by atoms with E-state index in [9.17, 15) is 0 Å². The van der Waals surface area contributed by atoms with Crippen LogP contribution in [0.5, 0.6) is 0 Å². The van der Waals surface area contributed by atoms with Crippen LogP contribution in [-0.2, 0) is 4.74 Å². The Morgan fingerprint density at radius 2 is 2.00 bits per heavy atom. The average Bonchev–Trinajstić information content (AvgIpc) is 2.13. The van der Waals surface area contributed by atoms with E-state index < -0.39 is 0 Å². The predicted molar refractivity (Wildman–Crippen MR) is 50.6 cm³/mol. The predicted octanol–water partition coefficient (Wildman–Crippen LogP) is 0.527. The number of rotatable bonds is 3. The van der Waals surface area contributed by atoms with Crippen LogP contribution in [0.25, 0.3) is 0 Å². The molecule has 3 nitrogen and oxygen atoms in total. The van der Waals surface area contributed by atoms with E-state index in [2.05, 4.69) is 5.32 Å². The van der Waals surface area contributed by atoms with Gasteiger partial charge in [0, 0.05) is 0 Å². The maximum absolute atomic E-state index is 8.60. The number of hydrogen-bond donors (Lipinski definition) is 2. The number of aliphatic hydroxyl groups excluding tert-OH is 1. The minimum absolute atomic E-state index is 0.158. The Kier molecular flexibility index (Phi) is 2.86. The van der Waals surface area contributed by atoms with Crippen molar-refractivity contribution in [3.63, 3.8) is 0 Å². The summed E-state index contributed by atoms with van der Waals surface area (Å²) in [5, 5.41) is 12.0. The van der Waals surface area contributed by atoms with E-state index in [4.69, 9.17) is 9.84 Å². The van der Waals surface area contributed by atoms with E-state index in [1.807, 2.05) is 0 Å². The van der Waals surface area contributed by atoms with Gasteiger partial charge in [0.15, 0.2) is 0 Å². The summed E-state index contributed by atoms with van der Waals surface area (Å²) in [6.45, 7) is 3.02. The lowest BCUT2D eigenvalue weighted by molar-refractivity contribution is -0.0991. The Bertz CT molecular complexity index is 158.